The highest BCUT2D eigenvalue weighted by Gasteiger charge is 2.29. The van der Waals surface area contributed by atoms with E-state index in [-0.39, 0.29) is 36.2 Å². The van der Waals surface area contributed by atoms with E-state index in [9.17, 15) is 14.0 Å². The van der Waals surface area contributed by atoms with Crippen molar-refractivity contribution in [3.05, 3.63) is 63.9 Å². The summed E-state index contributed by atoms with van der Waals surface area (Å²) in [5.74, 6) is -0.0277. The van der Waals surface area contributed by atoms with Crippen LogP contribution in [0, 0.1) is 11.7 Å². The van der Waals surface area contributed by atoms with Crippen LogP contribution in [0.2, 0.25) is 0 Å². The number of nitrogens with zero attached hydrogens (tertiary/aromatic N) is 1. The molecule has 0 saturated carbocycles. The Kier molecular flexibility index (Phi) is 10.1. The molecule has 2 aromatic carbocycles. The van der Waals surface area contributed by atoms with Crippen molar-refractivity contribution in [2.75, 3.05) is 13.2 Å². The molecule has 5 nitrogen and oxygen atoms in total. The maximum absolute atomic E-state index is 13.4. The number of hydrogen-bond donors (Lipinski definition) is 1. The first-order valence-electron chi connectivity index (χ1n) is 11.7. The minimum Gasteiger partial charge on any atom is -0.483 e. The van der Waals surface area contributed by atoms with Crippen molar-refractivity contribution in [1.29, 1.82) is 0 Å². The van der Waals surface area contributed by atoms with Gasteiger partial charge in [0.1, 0.15) is 17.6 Å². The van der Waals surface area contributed by atoms with Gasteiger partial charge in [-0.05, 0) is 69.1 Å². The molecule has 0 aliphatic rings. The summed E-state index contributed by atoms with van der Waals surface area (Å²) in [5.41, 5.74) is 1.87. The first-order chi connectivity index (χ1) is 15.9. The summed E-state index contributed by atoms with van der Waals surface area (Å²) in [6.07, 6.45) is 0.445. The summed E-state index contributed by atoms with van der Waals surface area (Å²) in [4.78, 5) is 27.7. The number of amides is 2. The topological polar surface area (TPSA) is 58.6 Å². The number of carbonyl (C=O) groups excluding carboxylic acids is 2. The van der Waals surface area contributed by atoms with E-state index < -0.39 is 6.04 Å². The van der Waals surface area contributed by atoms with Crippen molar-refractivity contribution in [2.45, 2.75) is 66.0 Å². The maximum atomic E-state index is 13.4. The molecular formula is C27H36BrFN2O3. The van der Waals surface area contributed by atoms with Gasteiger partial charge in [0.2, 0.25) is 5.91 Å². The van der Waals surface area contributed by atoms with Gasteiger partial charge < -0.3 is 15.0 Å². The predicted molar refractivity (Wildman–Crippen MR) is 137 cm³/mol. The van der Waals surface area contributed by atoms with Crippen LogP contribution in [-0.2, 0) is 21.5 Å². The molecular weight excluding hydrogens is 499 g/mol. The second-order valence-corrected chi connectivity index (χ2v) is 10.7. The molecule has 0 fully saturated rings. The van der Waals surface area contributed by atoms with Crippen LogP contribution in [0.1, 0.15) is 59.1 Å². The summed E-state index contributed by atoms with van der Waals surface area (Å²) in [6.45, 7) is 12.8. The van der Waals surface area contributed by atoms with Crippen LogP contribution in [-0.4, -0.2) is 35.9 Å². The van der Waals surface area contributed by atoms with E-state index in [4.69, 9.17) is 4.74 Å². The van der Waals surface area contributed by atoms with Gasteiger partial charge in [0.05, 0.1) is 4.47 Å². The molecule has 1 atom stereocenters. The number of hydrogen-bond acceptors (Lipinski definition) is 3. The van der Waals surface area contributed by atoms with Crippen LogP contribution in [0.5, 0.6) is 5.75 Å². The predicted octanol–water partition coefficient (Wildman–Crippen LogP) is 5.84. The second-order valence-electron chi connectivity index (χ2n) is 9.90. The molecule has 0 bridgehead atoms. The van der Waals surface area contributed by atoms with Crippen LogP contribution in [0.15, 0.2) is 46.9 Å². The molecule has 0 heterocycles. The van der Waals surface area contributed by atoms with Crippen LogP contribution in [0.3, 0.4) is 0 Å². The molecule has 2 rings (SSSR count). The zero-order chi connectivity index (χ0) is 25.5. The van der Waals surface area contributed by atoms with Gasteiger partial charge in [0, 0.05) is 13.1 Å². The van der Waals surface area contributed by atoms with E-state index in [0.717, 1.165) is 15.6 Å². The quantitative estimate of drug-likeness (QED) is 0.416. The highest BCUT2D eigenvalue weighted by atomic mass is 79.9. The summed E-state index contributed by atoms with van der Waals surface area (Å²) in [5, 5.41) is 2.93. The maximum Gasteiger partial charge on any atom is 0.261 e. The summed E-state index contributed by atoms with van der Waals surface area (Å²) in [7, 11) is 0. The fourth-order valence-corrected chi connectivity index (χ4v) is 3.93. The molecule has 0 spiro atoms. The van der Waals surface area contributed by atoms with E-state index in [0.29, 0.717) is 24.6 Å². The van der Waals surface area contributed by atoms with Gasteiger partial charge in [-0.15, -0.1) is 0 Å². The fourth-order valence-electron chi connectivity index (χ4n) is 3.44. The lowest BCUT2D eigenvalue weighted by Crippen LogP contribution is -2.50. The zero-order valence-corrected chi connectivity index (χ0v) is 22.5. The Morgan fingerprint density at radius 2 is 1.76 bits per heavy atom. The van der Waals surface area contributed by atoms with Gasteiger partial charge in [-0.2, -0.15) is 0 Å². The monoisotopic (exact) mass is 534 g/mol. The molecule has 2 aromatic rings. The van der Waals surface area contributed by atoms with Crippen molar-refractivity contribution < 1.29 is 18.7 Å². The van der Waals surface area contributed by atoms with Crippen molar-refractivity contribution in [3.63, 3.8) is 0 Å². The highest BCUT2D eigenvalue weighted by molar-refractivity contribution is 9.10. The molecule has 0 aromatic heterocycles. The van der Waals surface area contributed by atoms with Gasteiger partial charge in [0.25, 0.3) is 5.91 Å². The van der Waals surface area contributed by atoms with E-state index in [1.165, 1.54) is 17.0 Å². The lowest BCUT2D eigenvalue weighted by molar-refractivity contribution is -0.143. The van der Waals surface area contributed by atoms with E-state index in [1.54, 1.807) is 12.1 Å². The van der Waals surface area contributed by atoms with Crippen LogP contribution >= 0.6 is 15.9 Å². The lowest BCUT2D eigenvalue weighted by Gasteiger charge is -2.31. The standard InChI is InChI=1S/C27H36BrFN2O3/c1-7-23(26(33)30-15-18(2)3)31(16-19-8-11-21(29)12-9-19)25(32)17-34-24-13-10-20(14-22(24)28)27(4,5)6/h8-14,18,23H,7,15-17H2,1-6H3,(H,30,33)/t23-/m1/s1. The highest BCUT2D eigenvalue weighted by Crippen LogP contribution is 2.31. The smallest absolute Gasteiger partial charge is 0.261 e. The first-order valence-corrected chi connectivity index (χ1v) is 12.5. The third-order valence-electron chi connectivity index (χ3n) is 5.49. The summed E-state index contributed by atoms with van der Waals surface area (Å²) >= 11 is 3.54. The molecule has 1 N–H and O–H groups in total. The van der Waals surface area contributed by atoms with Gasteiger partial charge in [-0.1, -0.05) is 59.7 Å². The van der Waals surface area contributed by atoms with Crippen LogP contribution in [0.25, 0.3) is 0 Å². The van der Waals surface area contributed by atoms with Crippen molar-refractivity contribution >= 4 is 27.7 Å². The van der Waals surface area contributed by atoms with E-state index in [2.05, 4.69) is 42.0 Å². The van der Waals surface area contributed by atoms with Gasteiger partial charge in [0.15, 0.2) is 6.61 Å². The Morgan fingerprint density at radius 3 is 2.29 bits per heavy atom. The Morgan fingerprint density at radius 1 is 1.12 bits per heavy atom. The molecule has 0 aliphatic carbocycles. The number of benzene rings is 2. The largest absolute Gasteiger partial charge is 0.483 e. The average Bonchev–Trinajstić information content (AvgIpc) is 2.77. The zero-order valence-electron chi connectivity index (χ0n) is 21.0. The molecule has 186 valence electrons. The number of ether oxygens (including phenoxy) is 1. The lowest BCUT2D eigenvalue weighted by atomic mass is 9.87. The number of halogens is 2. The minimum absolute atomic E-state index is 0.0134. The minimum atomic E-state index is -0.661. The Balaban J connectivity index is 2.22. The third kappa shape index (κ3) is 8.12. The van der Waals surface area contributed by atoms with Crippen LogP contribution in [0.4, 0.5) is 4.39 Å². The molecule has 0 unspecified atom stereocenters. The van der Waals surface area contributed by atoms with Crippen molar-refractivity contribution in [3.8, 4) is 5.75 Å². The fraction of sp³-hybridized carbons (Fsp3) is 0.481. The molecule has 7 heteroatoms. The first kappa shape index (κ1) is 27.8. The second kappa shape index (κ2) is 12.3. The van der Waals surface area contributed by atoms with E-state index >= 15 is 0 Å². The third-order valence-corrected chi connectivity index (χ3v) is 6.11. The average molecular weight is 535 g/mol. The number of carbonyl (C=O) groups is 2. The van der Waals surface area contributed by atoms with Crippen molar-refractivity contribution in [2.24, 2.45) is 5.92 Å². The van der Waals surface area contributed by atoms with Crippen molar-refractivity contribution in [1.82, 2.24) is 10.2 Å². The molecule has 34 heavy (non-hydrogen) atoms. The Bertz CT molecular complexity index is 971. The SMILES string of the molecule is CC[C@H](C(=O)NCC(C)C)N(Cc1ccc(F)cc1)C(=O)COc1ccc(C(C)(C)C)cc1Br. The summed E-state index contributed by atoms with van der Waals surface area (Å²) in [6, 6.07) is 11.1. The van der Waals surface area contributed by atoms with Gasteiger partial charge >= 0.3 is 0 Å². The normalized spacial score (nSPS) is 12.4. The van der Waals surface area contributed by atoms with Crippen LogP contribution < -0.4 is 10.1 Å². The Hall–Kier alpha value is -2.41. The van der Waals surface area contributed by atoms with Gasteiger partial charge in [-0.3, -0.25) is 9.59 Å². The molecule has 0 saturated heterocycles. The summed E-state index contributed by atoms with van der Waals surface area (Å²) < 4.78 is 20.0. The molecule has 2 amide bonds. The Labute approximate surface area is 211 Å². The number of nitrogens with one attached hydrogen (secondary N) is 1. The molecule has 0 aliphatic heterocycles. The van der Waals surface area contributed by atoms with Gasteiger partial charge in [-0.25, -0.2) is 4.39 Å². The van der Waals surface area contributed by atoms with E-state index in [1.807, 2.05) is 39.0 Å². The molecule has 0 radical (unpaired) electrons. The number of rotatable bonds is 10.